The molecule has 1 atom stereocenters. The molecule has 0 bridgehead atoms. The maximum Gasteiger partial charge on any atom is 0.334 e. The van der Waals surface area contributed by atoms with Gasteiger partial charge in [-0.05, 0) is 19.1 Å². The first-order valence-corrected chi connectivity index (χ1v) is 6.50. The monoisotopic (exact) mass is 280 g/mol. The van der Waals surface area contributed by atoms with E-state index in [2.05, 4.69) is 10.3 Å². The highest BCUT2D eigenvalue weighted by Gasteiger charge is 2.24. The van der Waals surface area contributed by atoms with Gasteiger partial charge in [0.2, 0.25) is 0 Å². The SMILES string of the molecule is COC(=O)C(Nc1ccccc1F)c1csc(C)n1. The number of nitrogens with one attached hydrogen (secondary N) is 1. The molecule has 0 saturated heterocycles. The van der Waals surface area contributed by atoms with Crippen LogP contribution in [0.5, 0.6) is 0 Å². The Morgan fingerprint density at radius 3 is 2.79 bits per heavy atom. The highest BCUT2D eigenvalue weighted by atomic mass is 32.1. The lowest BCUT2D eigenvalue weighted by Crippen LogP contribution is -2.23. The number of aromatic nitrogens is 1. The van der Waals surface area contributed by atoms with Crippen molar-refractivity contribution in [3.8, 4) is 0 Å². The molecule has 0 spiro atoms. The maximum absolute atomic E-state index is 13.6. The number of rotatable bonds is 4. The number of thiazole rings is 1. The summed E-state index contributed by atoms with van der Waals surface area (Å²) < 4.78 is 18.3. The van der Waals surface area contributed by atoms with E-state index in [0.717, 1.165) is 5.01 Å². The Kier molecular flexibility index (Phi) is 4.11. The van der Waals surface area contributed by atoms with E-state index in [4.69, 9.17) is 4.74 Å². The zero-order valence-corrected chi connectivity index (χ0v) is 11.3. The number of carbonyl (C=O) groups excluding carboxylic acids is 1. The zero-order valence-electron chi connectivity index (χ0n) is 10.5. The number of nitrogens with zero attached hydrogens (tertiary/aromatic N) is 1. The number of benzene rings is 1. The molecule has 1 unspecified atom stereocenters. The fourth-order valence-electron chi connectivity index (χ4n) is 1.62. The summed E-state index contributed by atoms with van der Waals surface area (Å²) in [5.74, 6) is -0.933. The van der Waals surface area contributed by atoms with Crippen molar-refractivity contribution in [1.29, 1.82) is 0 Å². The van der Waals surface area contributed by atoms with Crippen LogP contribution in [0.15, 0.2) is 29.6 Å². The molecule has 1 N–H and O–H groups in total. The van der Waals surface area contributed by atoms with E-state index < -0.39 is 17.8 Å². The van der Waals surface area contributed by atoms with E-state index >= 15 is 0 Å². The first-order chi connectivity index (χ1) is 9.11. The molecule has 0 aliphatic rings. The molecule has 2 aromatic rings. The van der Waals surface area contributed by atoms with Crippen molar-refractivity contribution in [3.05, 3.63) is 46.2 Å². The van der Waals surface area contributed by atoms with E-state index in [9.17, 15) is 9.18 Å². The third-order valence-corrected chi connectivity index (χ3v) is 3.33. The third-order valence-electron chi connectivity index (χ3n) is 2.54. The number of anilines is 1. The van der Waals surface area contributed by atoms with Gasteiger partial charge in [-0.3, -0.25) is 0 Å². The Bertz CT molecular complexity index is 586. The molecule has 0 aliphatic heterocycles. The summed E-state index contributed by atoms with van der Waals surface area (Å²) in [7, 11) is 1.29. The molecule has 1 aromatic heterocycles. The average Bonchev–Trinajstić information content (AvgIpc) is 2.83. The van der Waals surface area contributed by atoms with Crippen LogP contribution in [0.4, 0.5) is 10.1 Å². The molecule has 1 aromatic carbocycles. The quantitative estimate of drug-likeness (QED) is 0.875. The maximum atomic E-state index is 13.6. The first kappa shape index (κ1) is 13.5. The van der Waals surface area contributed by atoms with E-state index in [0.29, 0.717) is 5.69 Å². The van der Waals surface area contributed by atoms with Gasteiger partial charge in [0.1, 0.15) is 5.82 Å². The minimum absolute atomic E-state index is 0.239. The number of methoxy groups -OCH3 is 1. The second kappa shape index (κ2) is 5.79. The lowest BCUT2D eigenvalue weighted by atomic mass is 10.2. The largest absolute Gasteiger partial charge is 0.467 e. The van der Waals surface area contributed by atoms with Gasteiger partial charge in [0.15, 0.2) is 6.04 Å². The number of hydrogen-bond acceptors (Lipinski definition) is 5. The lowest BCUT2D eigenvalue weighted by molar-refractivity contribution is -0.141. The van der Waals surface area contributed by atoms with Gasteiger partial charge < -0.3 is 10.1 Å². The molecule has 6 heteroatoms. The van der Waals surface area contributed by atoms with Crippen LogP contribution in [0.3, 0.4) is 0 Å². The summed E-state index contributed by atoms with van der Waals surface area (Å²) in [5.41, 5.74) is 0.765. The standard InChI is InChI=1S/C13H13FN2O2S/c1-8-15-11(7-19-8)12(13(17)18-2)16-10-6-4-3-5-9(10)14/h3-7,12,16H,1-2H3. The van der Waals surface area contributed by atoms with Crippen LogP contribution in [-0.4, -0.2) is 18.1 Å². The molecule has 4 nitrogen and oxygen atoms in total. The number of ether oxygens (including phenoxy) is 1. The second-order valence-corrected chi connectivity index (χ2v) is 4.93. The molecule has 0 amide bonds. The van der Waals surface area contributed by atoms with Crippen molar-refractivity contribution < 1.29 is 13.9 Å². The minimum atomic E-state index is -0.813. The van der Waals surface area contributed by atoms with Gasteiger partial charge >= 0.3 is 5.97 Å². The van der Waals surface area contributed by atoms with Crippen molar-refractivity contribution in [3.63, 3.8) is 0 Å². The van der Waals surface area contributed by atoms with E-state index in [-0.39, 0.29) is 5.69 Å². The third kappa shape index (κ3) is 3.08. The molecule has 0 radical (unpaired) electrons. The lowest BCUT2D eigenvalue weighted by Gasteiger charge is -2.16. The molecule has 0 aliphatic carbocycles. The van der Waals surface area contributed by atoms with Gasteiger partial charge in [-0.1, -0.05) is 12.1 Å². The first-order valence-electron chi connectivity index (χ1n) is 5.62. The van der Waals surface area contributed by atoms with Gasteiger partial charge in [-0.25, -0.2) is 14.2 Å². The van der Waals surface area contributed by atoms with Crippen LogP contribution in [0.25, 0.3) is 0 Å². The molecular formula is C13H13FN2O2S. The zero-order chi connectivity index (χ0) is 13.8. The van der Waals surface area contributed by atoms with Gasteiger partial charge in [-0.15, -0.1) is 11.3 Å². The van der Waals surface area contributed by atoms with Crippen LogP contribution >= 0.6 is 11.3 Å². The fraction of sp³-hybridized carbons (Fsp3) is 0.231. The van der Waals surface area contributed by atoms with Crippen molar-refractivity contribution in [2.45, 2.75) is 13.0 Å². The highest BCUT2D eigenvalue weighted by molar-refractivity contribution is 7.09. The Hall–Kier alpha value is -1.95. The van der Waals surface area contributed by atoms with Crippen molar-refractivity contribution in [2.24, 2.45) is 0 Å². The van der Waals surface area contributed by atoms with Crippen molar-refractivity contribution >= 4 is 23.0 Å². The number of aryl methyl sites for hydroxylation is 1. The van der Waals surface area contributed by atoms with Crippen LogP contribution in [0.2, 0.25) is 0 Å². The molecule has 0 saturated carbocycles. The molecule has 100 valence electrons. The van der Waals surface area contributed by atoms with E-state index in [1.165, 1.54) is 24.5 Å². The Morgan fingerprint density at radius 2 is 2.21 bits per heavy atom. The Morgan fingerprint density at radius 1 is 1.47 bits per heavy atom. The molecule has 1 heterocycles. The van der Waals surface area contributed by atoms with Gasteiger partial charge in [-0.2, -0.15) is 0 Å². The smallest absolute Gasteiger partial charge is 0.334 e. The van der Waals surface area contributed by atoms with Gasteiger partial charge in [0, 0.05) is 5.38 Å². The summed E-state index contributed by atoms with van der Waals surface area (Å²) in [4.78, 5) is 16.0. The predicted octanol–water partition coefficient (Wildman–Crippen LogP) is 2.92. The van der Waals surface area contributed by atoms with E-state index in [1.807, 2.05) is 6.92 Å². The molecule has 2 rings (SSSR count). The van der Waals surface area contributed by atoms with Crippen LogP contribution < -0.4 is 5.32 Å². The van der Waals surface area contributed by atoms with Crippen molar-refractivity contribution in [2.75, 3.05) is 12.4 Å². The van der Waals surface area contributed by atoms with Crippen LogP contribution in [-0.2, 0) is 9.53 Å². The van der Waals surface area contributed by atoms with Gasteiger partial charge in [0.05, 0.1) is 23.5 Å². The topological polar surface area (TPSA) is 51.2 Å². The normalized spacial score (nSPS) is 11.9. The highest BCUT2D eigenvalue weighted by Crippen LogP contribution is 2.24. The molecule has 0 fully saturated rings. The molecular weight excluding hydrogens is 267 g/mol. The summed E-state index contributed by atoms with van der Waals surface area (Å²) in [6, 6.07) is 5.34. The summed E-state index contributed by atoms with van der Waals surface area (Å²) >= 11 is 1.42. The Labute approximate surface area is 114 Å². The number of hydrogen-bond donors (Lipinski definition) is 1. The van der Waals surface area contributed by atoms with Crippen LogP contribution in [0, 0.1) is 12.7 Å². The van der Waals surface area contributed by atoms with Crippen LogP contribution in [0.1, 0.15) is 16.7 Å². The summed E-state index contributed by atoms with van der Waals surface area (Å²) in [6.07, 6.45) is 0. The van der Waals surface area contributed by atoms with Crippen molar-refractivity contribution in [1.82, 2.24) is 4.98 Å². The number of carbonyl (C=O) groups is 1. The van der Waals surface area contributed by atoms with Gasteiger partial charge in [0.25, 0.3) is 0 Å². The fourth-order valence-corrected chi connectivity index (χ4v) is 2.26. The average molecular weight is 280 g/mol. The number of para-hydroxylation sites is 1. The van der Waals surface area contributed by atoms with E-state index in [1.54, 1.807) is 23.6 Å². The summed E-state index contributed by atoms with van der Waals surface area (Å²) in [6.45, 7) is 1.84. The second-order valence-electron chi connectivity index (χ2n) is 3.87. The number of halogens is 1. The summed E-state index contributed by atoms with van der Waals surface area (Å²) in [5, 5.41) is 5.41. The minimum Gasteiger partial charge on any atom is -0.467 e. The number of esters is 1. The predicted molar refractivity (Wildman–Crippen MR) is 71.6 cm³/mol. The molecule has 19 heavy (non-hydrogen) atoms. The Balaban J connectivity index is 2.29.